The fourth-order valence-corrected chi connectivity index (χ4v) is 2.31. The van der Waals surface area contributed by atoms with Crippen LogP contribution in [0, 0.1) is 0 Å². The second kappa shape index (κ2) is 4.97. The second-order valence-electron chi connectivity index (χ2n) is 4.15. The Morgan fingerprint density at radius 1 is 1.13 bits per heavy atom. The maximum absolute atomic E-state index is 3.97. The van der Waals surface area contributed by atoms with E-state index in [9.17, 15) is 0 Å². The van der Waals surface area contributed by atoms with Gasteiger partial charge in [-0.15, -0.1) is 6.58 Å². The van der Waals surface area contributed by atoms with Crippen LogP contribution in [0.1, 0.15) is 37.2 Å². The highest BCUT2D eigenvalue weighted by molar-refractivity contribution is 5.33. The number of rotatable bonds is 3. The first-order valence-electron chi connectivity index (χ1n) is 5.78. The highest BCUT2D eigenvalue weighted by atomic mass is 14.2. The van der Waals surface area contributed by atoms with Crippen LogP contribution in [-0.4, -0.2) is 0 Å². The zero-order valence-electron chi connectivity index (χ0n) is 9.15. The van der Waals surface area contributed by atoms with Crippen molar-refractivity contribution in [2.24, 2.45) is 0 Å². The SMILES string of the molecule is C=C[C@H](C1=CCCCC1)c1ccccc1. The summed E-state index contributed by atoms with van der Waals surface area (Å²) < 4.78 is 0. The van der Waals surface area contributed by atoms with Crippen LogP contribution < -0.4 is 0 Å². The van der Waals surface area contributed by atoms with Gasteiger partial charge in [-0.3, -0.25) is 0 Å². The van der Waals surface area contributed by atoms with Gasteiger partial charge in [-0.2, -0.15) is 0 Å². The summed E-state index contributed by atoms with van der Waals surface area (Å²) in [6.07, 6.45) is 9.65. The average Bonchev–Trinajstić information content (AvgIpc) is 2.33. The second-order valence-corrected chi connectivity index (χ2v) is 4.15. The maximum Gasteiger partial charge on any atom is 0.0225 e. The summed E-state index contributed by atoms with van der Waals surface area (Å²) >= 11 is 0. The van der Waals surface area contributed by atoms with E-state index in [1.165, 1.54) is 31.2 Å². The topological polar surface area (TPSA) is 0 Å². The standard InChI is InChI=1S/C15H18/c1-2-15(13-9-5-3-6-10-13)14-11-7-4-8-12-14/h2-3,5-6,9-11,15H,1,4,7-8,12H2/t15-/m0/s1. The van der Waals surface area contributed by atoms with Gasteiger partial charge in [-0.1, -0.05) is 48.1 Å². The zero-order chi connectivity index (χ0) is 10.5. The van der Waals surface area contributed by atoms with Crippen LogP contribution in [0.25, 0.3) is 0 Å². The molecule has 15 heavy (non-hydrogen) atoms. The third-order valence-electron chi connectivity index (χ3n) is 3.12. The van der Waals surface area contributed by atoms with Crippen molar-refractivity contribution < 1.29 is 0 Å². The van der Waals surface area contributed by atoms with Crippen molar-refractivity contribution in [1.29, 1.82) is 0 Å². The van der Waals surface area contributed by atoms with Gasteiger partial charge in [0, 0.05) is 5.92 Å². The molecule has 0 fully saturated rings. The van der Waals surface area contributed by atoms with Gasteiger partial charge in [0.05, 0.1) is 0 Å². The number of hydrogen-bond donors (Lipinski definition) is 0. The molecule has 1 atom stereocenters. The van der Waals surface area contributed by atoms with Crippen molar-refractivity contribution >= 4 is 0 Å². The lowest BCUT2D eigenvalue weighted by atomic mass is 9.85. The van der Waals surface area contributed by atoms with E-state index >= 15 is 0 Å². The van der Waals surface area contributed by atoms with E-state index in [2.05, 4.69) is 49.1 Å². The van der Waals surface area contributed by atoms with Crippen LogP contribution in [0.3, 0.4) is 0 Å². The minimum atomic E-state index is 0.437. The molecular formula is C15H18. The molecule has 0 heterocycles. The molecule has 0 saturated heterocycles. The first-order chi connectivity index (χ1) is 7.42. The van der Waals surface area contributed by atoms with Crippen LogP contribution in [0.4, 0.5) is 0 Å². The van der Waals surface area contributed by atoms with E-state index in [4.69, 9.17) is 0 Å². The smallest absolute Gasteiger partial charge is 0.0225 e. The Kier molecular flexibility index (Phi) is 3.39. The Hall–Kier alpha value is -1.30. The largest absolute Gasteiger partial charge is 0.102 e. The predicted molar refractivity (Wildman–Crippen MR) is 65.9 cm³/mol. The monoisotopic (exact) mass is 198 g/mol. The first-order valence-corrected chi connectivity index (χ1v) is 5.78. The van der Waals surface area contributed by atoms with E-state index in [0.717, 1.165) is 0 Å². The molecule has 1 aliphatic carbocycles. The highest BCUT2D eigenvalue weighted by Crippen LogP contribution is 2.32. The summed E-state index contributed by atoms with van der Waals surface area (Å²) in [5, 5.41) is 0. The molecule has 0 saturated carbocycles. The van der Waals surface area contributed by atoms with Gasteiger partial charge < -0.3 is 0 Å². The van der Waals surface area contributed by atoms with Gasteiger partial charge >= 0.3 is 0 Å². The lowest BCUT2D eigenvalue weighted by Crippen LogP contribution is -2.02. The molecule has 78 valence electrons. The molecule has 2 rings (SSSR count). The lowest BCUT2D eigenvalue weighted by Gasteiger charge is -2.20. The minimum absolute atomic E-state index is 0.437. The Morgan fingerprint density at radius 3 is 2.53 bits per heavy atom. The predicted octanol–water partition coefficient (Wildman–Crippen LogP) is 4.46. The summed E-state index contributed by atoms with van der Waals surface area (Å²) in [5.74, 6) is 0.437. The Morgan fingerprint density at radius 2 is 1.93 bits per heavy atom. The molecule has 0 nitrogen and oxygen atoms in total. The van der Waals surface area contributed by atoms with Crippen molar-refractivity contribution in [1.82, 2.24) is 0 Å². The van der Waals surface area contributed by atoms with Crippen molar-refractivity contribution in [3.8, 4) is 0 Å². The van der Waals surface area contributed by atoms with E-state index in [-0.39, 0.29) is 0 Å². The molecule has 0 amide bonds. The third kappa shape index (κ3) is 2.38. The molecular weight excluding hydrogens is 180 g/mol. The quantitative estimate of drug-likeness (QED) is 0.629. The van der Waals surface area contributed by atoms with E-state index in [0.29, 0.717) is 5.92 Å². The summed E-state index contributed by atoms with van der Waals surface area (Å²) in [4.78, 5) is 0. The lowest BCUT2D eigenvalue weighted by molar-refractivity contribution is 0.673. The van der Waals surface area contributed by atoms with Crippen molar-refractivity contribution in [2.45, 2.75) is 31.6 Å². The van der Waals surface area contributed by atoms with Gasteiger partial charge in [-0.25, -0.2) is 0 Å². The molecule has 0 aromatic heterocycles. The van der Waals surface area contributed by atoms with Crippen molar-refractivity contribution in [2.75, 3.05) is 0 Å². The molecule has 0 N–H and O–H groups in total. The summed E-state index contributed by atoms with van der Waals surface area (Å²) in [5.41, 5.74) is 2.93. The summed E-state index contributed by atoms with van der Waals surface area (Å²) in [6, 6.07) is 10.7. The number of allylic oxidation sites excluding steroid dienone is 3. The van der Waals surface area contributed by atoms with Crippen molar-refractivity contribution in [3.63, 3.8) is 0 Å². The van der Waals surface area contributed by atoms with Crippen LogP contribution in [0.15, 0.2) is 54.6 Å². The fraction of sp³-hybridized carbons (Fsp3) is 0.333. The molecule has 0 bridgehead atoms. The fourth-order valence-electron chi connectivity index (χ4n) is 2.31. The molecule has 1 aliphatic rings. The van der Waals surface area contributed by atoms with Gasteiger partial charge in [0.1, 0.15) is 0 Å². The van der Waals surface area contributed by atoms with Gasteiger partial charge in [0.15, 0.2) is 0 Å². The molecule has 0 radical (unpaired) electrons. The zero-order valence-corrected chi connectivity index (χ0v) is 9.15. The van der Waals surface area contributed by atoms with Crippen LogP contribution in [0.2, 0.25) is 0 Å². The van der Waals surface area contributed by atoms with Gasteiger partial charge in [0.25, 0.3) is 0 Å². The molecule has 1 aromatic rings. The third-order valence-corrected chi connectivity index (χ3v) is 3.12. The Labute approximate surface area is 92.3 Å². The number of benzene rings is 1. The molecule has 0 spiro atoms. The van der Waals surface area contributed by atoms with Crippen LogP contribution >= 0.6 is 0 Å². The Bertz CT molecular complexity index is 346. The minimum Gasteiger partial charge on any atom is -0.102 e. The maximum atomic E-state index is 3.97. The van der Waals surface area contributed by atoms with Crippen LogP contribution in [0.5, 0.6) is 0 Å². The average molecular weight is 198 g/mol. The van der Waals surface area contributed by atoms with E-state index in [1.807, 2.05) is 0 Å². The van der Waals surface area contributed by atoms with E-state index < -0.39 is 0 Å². The number of hydrogen-bond acceptors (Lipinski definition) is 0. The van der Waals surface area contributed by atoms with Gasteiger partial charge in [-0.05, 0) is 31.2 Å². The normalized spacial score (nSPS) is 18.0. The Balaban J connectivity index is 2.24. The van der Waals surface area contributed by atoms with Crippen molar-refractivity contribution in [3.05, 3.63) is 60.2 Å². The molecule has 1 aromatic carbocycles. The molecule has 0 aliphatic heterocycles. The summed E-state index contributed by atoms with van der Waals surface area (Å²) in [6.45, 7) is 3.97. The van der Waals surface area contributed by atoms with Gasteiger partial charge in [0.2, 0.25) is 0 Å². The molecule has 0 heteroatoms. The first kappa shape index (κ1) is 10.2. The molecule has 0 unspecified atom stereocenters. The van der Waals surface area contributed by atoms with E-state index in [1.54, 1.807) is 5.57 Å². The highest BCUT2D eigenvalue weighted by Gasteiger charge is 2.14. The van der Waals surface area contributed by atoms with Crippen LogP contribution in [-0.2, 0) is 0 Å². The summed E-state index contributed by atoms with van der Waals surface area (Å²) in [7, 11) is 0.